The molecule has 0 aliphatic heterocycles. The summed E-state index contributed by atoms with van der Waals surface area (Å²) >= 11 is 0. The van der Waals surface area contributed by atoms with Gasteiger partial charge in [0.15, 0.2) is 0 Å². The van der Waals surface area contributed by atoms with Crippen molar-refractivity contribution in [2.24, 2.45) is 11.3 Å². The lowest BCUT2D eigenvalue weighted by atomic mass is 9.85. The largest absolute Gasteiger partial charge is 0.352 e. The van der Waals surface area contributed by atoms with Crippen molar-refractivity contribution in [3.8, 4) is 0 Å². The van der Waals surface area contributed by atoms with Crippen LogP contribution in [0, 0.1) is 11.3 Å². The molecule has 4 nitrogen and oxygen atoms in total. The zero-order valence-corrected chi connectivity index (χ0v) is 14.1. The minimum absolute atomic E-state index is 0.0255. The van der Waals surface area contributed by atoms with Crippen molar-refractivity contribution in [1.82, 2.24) is 10.6 Å². The van der Waals surface area contributed by atoms with Gasteiger partial charge in [-0.15, -0.1) is 0 Å². The molecule has 4 heteroatoms. The van der Waals surface area contributed by atoms with Crippen molar-refractivity contribution in [3.63, 3.8) is 0 Å². The van der Waals surface area contributed by atoms with Crippen LogP contribution in [0.1, 0.15) is 47.5 Å². The van der Waals surface area contributed by atoms with Gasteiger partial charge in [-0.1, -0.05) is 33.9 Å². The second-order valence-electron chi connectivity index (χ2n) is 6.76. The van der Waals surface area contributed by atoms with Crippen LogP contribution in [0.3, 0.4) is 0 Å². The van der Waals surface area contributed by atoms with Crippen molar-refractivity contribution in [3.05, 3.63) is 24.3 Å². The molecule has 0 rings (SSSR count). The minimum atomic E-state index is -0.0927. The summed E-state index contributed by atoms with van der Waals surface area (Å²) in [7, 11) is 0. The number of carbonyl (C=O) groups excluding carboxylic acids is 2. The Morgan fingerprint density at radius 1 is 1.05 bits per heavy atom. The number of rotatable bonds is 9. The van der Waals surface area contributed by atoms with Gasteiger partial charge in [-0.3, -0.25) is 9.59 Å². The molecule has 0 saturated heterocycles. The Bertz CT molecular complexity index is 411. The molecule has 1 unspecified atom stereocenters. The summed E-state index contributed by atoms with van der Waals surface area (Å²) in [6.07, 6.45) is 1.97. The van der Waals surface area contributed by atoms with E-state index in [9.17, 15) is 9.59 Å². The standard InChI is InChI=1S/C17H30N2O2/c1-12(2)15(20)18-10-14(5)8-9-17(6,7)11-19-16(21)13(3)4/h14H,1,3,8-11H2,2,4-7H3,(H,18,20)(H,19,21). The van der Waals surface area contributed by atoms with Crippen LogP contribution < -0.4 is 10.6 Å². The molecule has 0 heterocycles. The average molecular weight is 294 g/mol. The zero-order valence-electron chi connectivity index (χ0n) is 14.1. The Morgan fingerprint density at radius 2 is 1.52 bits per heavy atom. The Morgan fingerprint density at radius 3 is 2.00 bits per heavy atom. The number of hydrogen-bond donors (Lipinski definition) is 2. The normalized spacial score (nSPS) is 12.4. The molecule has 0 aliphatic rings. The Hall–Kier alpha value is -1.58. The first-order valence-corrected chi connectivity index (χ1v) is 7.42. The molecular weight excluding hydrogens is 264 g/mol. The lowest BCUT2D eigenvalue weighted by Crippen LogP contribution is -2.35. The fraction of sp³-hybridized carbons (Fsp3) is 0.647. The summed E-state index contributed by atoms with van der Waals surface area (Å²) < 4.78 is 0. The quantitative estimate of drug-likeness (QED) is 0.642. The van der Waals surface area contributed by atoms with Crippen LogP contribution in [0.25, 0.3) is 0 Å². The molecular formula is C17H30N2O2. The maximum atomic E-state index is 11.5. The van der Waals surface area contributed by atoms with E-state index in [4.69, 9.17) is 0 Å². The molecule has 0 aromatic heterocycles. The van der Waals surface area contributed by atoms with E-state index in [1.54, 1.807) is 13.8 Å². The van der Waals surface area contributed by atoms with Gasteiger partial charge in [0.25, 0.3) is 0 Å². The first kappa shape index (κ1) is 19.4. The fourth-order valence-corrected chi connectivity index (χ4v) is 1.72. The molecule has 0 radical (unpaired) electrons. The second-order valence-corrected chi connectivity index (χ2v) is 6.76. The van der Waals surface area contributed by atoms with E-state index in [1.165, 1.54) is 0 Å². The average Bonchev–Trinajstić information content (AvgIpc) is 2.39. The molecule has 0 aliphatic carbocycles. The maximum absolute atomic E-state index is 11.5. The summed E-state index contributed by atoms with van der Waals surface area (Å²) in [5.74, 6) is 0.212. The van der Waals surface area contributed by atoms with Gasteiger partial charge >= 0.3 is 0 Å². The van der Waals surface area contributed by atoms with Gasteiger partial charge < -0.3 is 10.6 Å². The zero-order chi connectivity index (χ0) is 16.6. The smallest absolute Gasteiger partial charge is 0.246 e. The number of amides is 2. The maximum Gasteiger partial charge on any atom is 0.246 e. The minimum Gasteiger partial charge on any atom is -0.352 e. The Balaban J connectivity index is 4.06. The topological polar surface area (TPSA) is 58.2 Å². The van der Waals surface area contributed by atoms with Crippen molar-refractivity contribution in [2.45, 2.75) is 47.5 Å². The summed E-state index contributed by atoms with van der Waals surface area (Å²) in [5, 5.41) is 5.75. The van der Waals surface area contributed by atoms with Crippen LogP contribution in [-0.4, -0.2) is 24.9 Å². The first-order chi connectivity index (χ1) is 9.55. The van der Waals surface area contributed by atoms with Crippen molar-refractivity contribution >= 4 is 11.8 Å². The molecule has 2 amide bonds. The van der Waals surface area contributed by atoms with E-state index >= 15 is 0 Å². The highest BCUT2D eigenvalue weighted by molar-refractivity contribution is 5.92. The molecule has 21 heavy (non-hydrogen) atoms. The summed E-state index contributed by atoms with van der Waals surface area (Å²) in [5.41, 5.74) is 1.09. The third-order valence-electron chi connectivity index (χ3n) is 3.43. The molecule has 0 saturated carbocycles. The van der Waals surface area contributed by atoms with Gasteiger partial charge in [-0.25, -0.2) is 0 Å². The first-order valence-electron chi connectivity index (χ1n) is 7.42. The monoisotopic (exact) mass is 294 g/mol. The fourth-order valence-electron chi connectivity index (χ4n) is 1.72. The van der Waals surface area contributed by atoms with E-state index in [0.29, 0.717) is 30.2 Å². The third kappa shape index (κ3) is 9.05. The van der Waals surface area contributed by atoms with Gasteiger partial charge in [0, 0.05) is 24.2 Å². The predicted octanol–water partition coefficient (Wildman–Crippen LogP) is 2.81. The highest BCUT2D eigenvalue weighted by Gasteiger charge is 2.20. The van der Waals surface area contributed by atoms with Crippen LogP contribution in [0.4, 0.5) is 0 Å². The van der Waals surface area contributed by atoms with E-state index in [1.807, 2.05) is 0 Å². The number of carbonyl (C=O) groups is 2. The number of hydrogen-bond acceptors (Lipinski definition) is 2. The summed E-state index contributed by atoms with van der Waals surface area (Å²) in [6.45, 7) is 18.3. The van der Waals surface area contributed by atoms with Crippen LogP contribution in [-0.2, 0) is 9.59 Å². The molecule has 0 fully saturated rings. The Kier molecular flexibility index (Phi) is 8.00. The molecule has 0 bridgehead atoms. The molecule has 0 aromatic carbocycles. The third-order valence-corrected chi connectivity index (χ3v) is 3.43. The van der Waals surface area contributed by atoms with Gasteiger partial charge in [-0.05, 0) is 38.0 Å². The van der Waals surface area contributed by atoms with E-state index < -0.39 is 0 Å². The highest BCUT2D eigenvalue weighted by Crippen LogP contribution is 2.24. The SMILES string of the molecule is C=C(C)C(=O)NCC(C)CCC(C)(C)CNC(=O)C(=C)C. The van der Waals surface area contributed by atoms with E-state index in [-0.39, 0.29) is 17.2 Å². The van der Waals surface area contributed by atoms with Crippen molar-refractivity contribution in [2.75, 3.05) is 13.1 Å². The molecule has 2 N–H and O–H groups in total. The van der Waals surface area contributed by atoms with Gasteiger partial charge in [0.05, 0.1) is 0 Å². The lowest BCUT2D eigenvalue weighted by Gasteiger charge is -2.26. The number of nitrogens with one attached hydrogen (secondary N) is 2. The molecule has 1 atom stereocenters. The van der Waals surface area contributed by atoms with Crippen LogP contribution >= 0.6 is 0 Å². The van der Waals surface area contributed by atoms with Gasteiger partial charge in [0.2, 0.25) is 11.8 Å². The summed E-state index contributed by atoms with van der Waals surface area (Å²) in [4.78, 5) is 22.9. The molecule has 0 spiro atoms. The van der Waals surface area contributed by atoms with Crippen LogP contribution in [0.2, 0.25) is 0 Å². The highest BCUT2D eigenvalue weighted by atomic mass is 16.2. The van der Waals surface area contributed by atoms with E-state index in [2.05, 4.69) is 44.6 Å². The Labute approximate surface area is 129 Å². The van der Waals surface area contributed by atoms with Gasteiger partial charge in [-0.2, -0.15) is 0 Å². The lowest BCUT2D eigenvalue weighted by molar-refractivity contribution is -0.118. The van der Waals surface area contributed by atoms with Gasteiger partial charge in [0.1, 0.15) is 0 Å². The molecule has 120 valence electrons. The summed E-state index contributed by atoms with van der Waals surface area (Å²) in [6, 6.07) is 0. The second kappa shape index (κ2) is 8.65. The van der Waals surface area contributed by atoms with E-state index in [0.717, 1.165) is 12.8 Å². The van der Waals surface area contributed by atoms with Crippen molar-refractivity contribution in [1.29, 1.82) is 0 Å². The predicted molar refractivity (Wildman–Crippen MR) is 87.8 cm³/mol. The molecule has 0 aromatic rings. The van der Waals surface area contributed by atoms with Crippen molar-refractivity contribution < 1.29 is 9.59 Å². The van der Waals surface area contributed by atoms with Crippen LogP contribution in [0.15, 0.2) is 24.3 Å². The van der Waals surface area contributed by atoms with Crippen LogP contribution in [0.5, 0.6) is 0 Å².